The zero-order valence-corrected chi connectivity index (χ0v) is 16.3. The van der Waals surface area contributed by atoms with Gasteiger partial charge in [-0.3, -0.25) is 4.79 Å². The highest BCUT2D eigenvalue weighted by Crippen LogP contribution is 2.39. The number of halogens is 3. The Morgan fingerprint density at radius 3 is 2.21 bits per heavy atom. The minimum atomic E-state index is -4.93. The zero-order valence-electron chi connectivity index (χ0n) is 15.3. The van der Waals surface area contributed by atoms with Gasteiger partial charge in [0.15, 0.2) is 8.32 Å². The quantitative estimate of drug-likeness (QED) is 0.771. The Hall–Kier alpha value is -0.643. The number of hydrogen-bond donors (Lipinski definition) is 1. The van der Waals surface area contributed by atoms with Crippen LogP contribution in [0.25, 0.3) is 0 Å². The van der Waals surface area contributed by atoms with Crippen LogP contribution in [-0.4, -0.2) is 52.1 Å². The van der Waals surface area contributed by atoms with Crippen molar-refractivity contribution in [1.82, 2.24) is 5.32 Å². The highest BCUT2D eigenvalue weighted by atomic mass is 28.4. The first-order valence-corrected chi connectivity index (χ1v) is 10.8. The van der Waals surface area contributed by atoms with Gasteiger partial charge in [0.2, 0.25) is 0 Å². The van der Waals surface area contributed by atoms with Crippen molar-refractivity contribution in [2.75, 3.05) is 7.11 Å². The molecular formula is C15H28F3NO4Si. The van der Waals surface area contributed by atoms with Crippen LogP contribution >= 0.6 is 0 Å². The molecule has 1 N–H and O–H groups in total. The van der Waals surface area contributed by atoms with Crippen molar-refractivity contribution in [2.24, 2.45) is 0 Å². The van der Waals surface area contributed by atoms with Crippen molar-refractivity contribution in [3.8, 4) is 0 Å². The van der Waals surface area contributed by atoms with Crippen molar-refractivity contribution in [3.63, 3.8) is 0 Å². The predicted molar refractivity (Wildman–Crippen MR) is 86.0 cm³/mol. The van der Waals surface area contributed by atoms with E-state index in [1.807, 2.05) is 18.4 Å². The maximum Gasteiger partial charge on any atom is 0.471 e. The van der Waals surface area contributed by atoms with Crippen LogP contribution in [0.3, 0.4) is 0 Å². The maximum atomic E-state index is 12.5. The highest BCUT2D eigenvalue weighted by molar-refractivity contribution is 6.74. The molecule has 1 saturated heterocycles. The van der Waals surface area contributed by atoms with Crippen molar-refractivity contribution in [2.45, 2.75) is 83.0 Å². The molecule has 5 nitrogen and oxygen atoms in total. The van der Waals surface area contributed by atoms with Gasteiger partial charge < -0.3 is 19.2 Å². The molecule has 0 aliphatic carbocycles. The van der Waals surface area contributed by atoms with Crippen LogP contribution in [0.4, 0.5) is 13.2 Å². The van der Waals surface area contributed by atoms with Gasteiger partial charge in [-0.2, -0.15) is 13.2 Å². The van der Waals surface area contributed by atoms with E-state index >= 15 is 0 Å². The van der Waals surface area contributed by atoms with E-state index in [-0.39, 0.29) is 11.5 Å². The lowest BCUT2D eigenvalue weighted by molar-refractivity contribution is -0.207. The number of alkyl halides is 3. The van der Waals surface area contributed by atoms with Crippen LogP contribution in [0.2, 0.25) is 18.1 Å². The van der Waals surface area contributed by atoms with Crippen LogP contribution in [0.5, 0.6) is 0 Å². The van der Waals surface area contributed by atoms with Gasteiger partial charge in [0.1, 0.15) is 12.4 Å². The Kier molecular flexibility index (Phi) is 6.52. The van der Waals surface area contributed by atoms with Crippen LogP contribution in [0, 0.1) is 0 Å². The average Bonchev–Trinajstić information content (AvgIpc) is 2.35. The van der Waals surface area contributed by atoms with Gasteiger partial charge in [-0.15, -0.1) is 0 Å². The lowest BCUT2D eigenvalue weighted by atomic mass is 9.99. The monoisotopic (exact) mass is 371 g/mol. The molecule has 1 aliphatic rings. The largest absolute Gasteiger partial charge is 0.471 e. The van der Waals surface area contributed by atoms with Crippen LogP contribution in [0.15, 0.2) is 0 Å². The smallest absolute Gasteiger partial charge is 0.392 e. The van der Waals surface area contributed by atoms with E-state index < -0.39 is 44.9 Å². The molecule has 24 heavy (non-hydrogen) atoms. The molecule has 142 valence electrons. The summed E-state index contributed by atoms with van der Waals surface area (Å²) in [5.74, 6) is -1.98. The Morgan fingerprint density at radius 2 is 1.79 bits per heavy atom. The molecule has 0 saturated carbocycles. The summed E-state index contributed by atoms with van der Waals surface area (Å²) in [4.78, 5) is 11.3. The summed E-state index contributed by atoms with van der Waals surface area (Å²) in [6.45, 7) is 12.0. The molecule has 1 fully saturated rings. The van der Waals surface area contributed by atoms with E-state index in [2.05, 4.69) is 20.8 Å². The first kappa shape index (κ1) is 21.4. The van der Waals surface area contributed by atoms with E-state index in [1.54, 1.807) is 6.92 Å². The molecule has 1 aliphatic heterocycles. The fraction of sp³-hybridized carbons (Fsp3) is 0.933. The fourth-order valence-corrected chi connectivity index (χ4v) is 3.53. The molecule has 0 bridgehead atoms. The standard InChI is InChI=1S/C15H28F3NO4Si/c1-9-12(21-5)10(19-13(20)15(16,17)18)8-11(22-9)23-24(6,7)14(2,3)4/h9-12H,8H2,1-7H3,(H,19,20)/t9-,10-,11+,12-/m0/s1. The van der Waals surface area contributed by atoms with E-state index in [0.717, 1.165) is 0 Å². The third-order valence-electron chi connectivity index (χ3n) is 4.75. The Labute approximate surface area is 142 Å². The molecule has 9 heteroatoms. The van der Waals surface area contributed by atoms with Gasteiger partial charge in [0.25, 0.3) is 0 Å². The molecule has 0 radical (unpaired) electrons. The Balaban J connectivity index is 2.88. The molecule has 0 aromatic carbocycles. The molecule has 4 atom stereocenters. The summed E-state index contributed by atoms with van der Waals surface area (Å²) >= 11 is 0. The maximum absolute atomic E-state index is 12.5. The van der Waals surface area contributed by atoms with Crippen LogP contribution in [0.1, 0.15) is 34.1 Å². The third-order valence-corrected chi connectivity index (χ3v) is 9.21. The van der Waals surface area contributed by atoms with E-state index in [9.17, 15) is 18.0 Å². The first-order valence-electron chi connectivity index (χ1n) is 7.93. The zero-order chi connectivity index (χ0) is 18.9. The van der Waals surface area contributed by atoms with Crippen LogP contribution in [-0.2, 0) is 18.7 Å². The SMILES string of the molecule is CO[C@@H]1[C@@H](NC(=O)C(F)(F)F)C[C@@H](O[Si](C)(C)C(C)(C)C)O[C@H]1C. The summed E-state index contributed by atoms with van der Waals surface area (Å²) in [5.41, 5.74) is 0. The number of methoxy groups -OCH3 is 1. The summed E-state index contributed by atoms with van der Waals surface area (Å²) < 4.78 is 54.8. The molecule has 0 aromatic rings. The van der Waals surface area contributed by atoms with Gasteiger partial charge in [0.05, 0.1) is 12.1 Å². The second kappa shape index (κ2) is 7.31. The van der Waals surface area contributed by atoms with Gasteiger partial charge in [-0.25, -0.2) is 0 Å². The van der Waals surface area contributed by atoms with Crippen molar-refractivity contribution in [3.05, 3.63) is 0 Å². The first-order chi connectivity index (χ1) is 10.7. The van der Waals surface area contributed by atoms with Gasteiger partial charge in [-0.1, -0.05) is 20.8 Å². The number of ether oxygens (including phenoxy) is 2. The summed E-state index contributed by atoms with van der Waals surface area (Å²) in [6, 6.07) is -0.831. The molecular weight excluding hydrogens is 343 g/mol. The number of rotatable bonds is 4. The average molecular weight is 371 g/mol. The summed E-state index contributed by atoms with van der Waals surface area (Å²) in [5, 5.41) is 1.94. The minimum absolute atomic E-state index is 0.0670. The van der Waals surface area contributed by atoms with Crippen molar-refractivity contribution < 1.29 is 31.9 Å². The second-order valence-corrected chi connectivity index (χ2v) is 12.4. The number of carbonyl (C=O) groups excluding carboxylic acids is 1. The van der Waals surface area contributed by atoms with E-state index in [0.29, 0.717) is 0 Å². The third kappa shape index (κ3) is 5.17. The summed E-state index contributed by atoms with van der Waals surface area (Å²) in [7, 11) is -0.780. The topological polar surface area (TPSA) is 56.8 Å². The number of carbonyl (C=O) groups is 1. The predicted octanol–water partition coefficient (Wildman–Crippen LogP) is 3.21. The van der Waals surface area contributed by atoms with Crippen LogP contribution < -0.4 is 5.32 Å². The number of hydrogen-bond acceptors (Lipinski definition) is 4. The fourth-order valence-electron chi connectivity index (χ4n) is 2.37. The van der Waals surface area contributed by atoms with Gasteiger partial charge in [-0.05, 0) is 25.1 Å². The number of amides is 1. The lowest BCUT2D eigenvalue weighted by Crippen LogP contribution is -2.59. The van der Waals surface area contributed by atoms with Gasteiger partial charge >= 0.3 is 12.1 Å². The van der Waals surface area contributed by atoms with Crippen molar-refractivity contribution in [1.29, 1.82) is 0 Å². The molecule has 0 spiro atoms. The van der Waals surface area contributed by atoms with E-state index in [1.165, 1.54) is 7.11 Å². The van der Waals surface area contributed by atoms with E-state index in [4.69, 9.17) is 13.9 Å². The number of nitrogens with one attached hydrogen (secondary N) is 1. The Bertz CT molecular complexity index is 451. The molecule has 1 amide bonds. The summed E-state index contributed by atoms with van der Waals surface area (Å²) in [6.07, 6.45) is -6.68. The van der Waals surface area contributed by atoms with Crippen molar-refractivity contribution >= 4 is 14.2 Å². The second-order valence-electron chi connectivity index (χ2n) is 7.66. The molecule has 1 heterocycles. The van der Waals surface area contributed by atoms with Gasteiger partial charge in [0, 0.05) is 13.5 Å². The molecule has 0 unspecified atom stereocenters. The normalized spacial score (nSPS) is 29.4. The lowest BCUT2D eigenvalue weighted by Gasteiger charge is -2.45. The minimum Gasteiger partial charge on any atom is -0.392 e. The molecule has 0 aromatic heterocycles. The highest BCUT2D eigenvalue weighted by Gasteiger charge is 2.47. The molecule has 1 rings (SSSR count). The Morgan fingerprint density at radius 1 is 1.25 bits per heavy atom.